The van der Waals surface area contributed by atoms with Crippen molar-refractivity contribution in [2.75, 3.05) is 6.26 Å². The first-order chi connectivity index (χ1) is 9.97. The van der Waals surface area contributed by atoms with E-state index in [9.17, 15) is 8.42 Å². The van der Waals surface area contributed by atoms with Gasteiger partial charge in [0.1, 0.15) is 5.76 Å². The Morgan fingerprint density at radius 2 is 1.95 bits per heavy atom. The summed E-state index contributed by atoms with van der Waals surface area (Å²) in [5.74, 6) is 0.908. The minimum Gasteiger partial charge on any atom is -0.361 e. The number of rotatable bonds is 6. The molecular formula is C15H26N2O3S. The van der Waals surface area contributed by atoms with Crippen LogP contribution in [0.1, 0.15) is 56.5 Å². The van der Waals surface area contributed by atoms with Crippen LogP contribution in [0.2, 0.25) is 0 Å². The van der Waals surface area contributed by atoms with Crippen LogP contribution in [0.15, 0.2) is 4.52 Å². The zero-order valence-corrected chi connectivity index (χ0v) is 14.0. The maximum Gasteiger partial charge on any atom is 0.151 e. The van der Waals surface area contributed by atoms with E-state index in [1.54, 1.807) is 0 Å². The first kappa shape index (κ1) is 16.5. The zero-order chi connectivity index (χ0) is 15.5. The third-order valence-corrected chi connectivity index (χ3v) is 6.06. The molecule has 2 atom stereocenters. The second-order valence-corrected chi connectivity index (χ2v) is 8.14. The van der Waals surface area contributed by atoms with Crippen molar-refractivity contribution in [1.29, 1.82) is 0 Å². The smallest absolute Gasteiger partial charge is 0.151 e. The predicted octanol–water partition coefficient (Wildman–Crippen LogP) is 2.24. The number of aryl methyl sites for hydroxylation is 2. The molecule has 1 fully saturated rings. The van der Waals surface area contributed by atoms with E-state index in [1.807, 2.05) is 6.92 Å². The van der Waals surface area contributed by atoms with Crippen LogP contribution in [0.4, 0.5) is 0 Å². The van der Waals surface area contributed by atoms with Gasteiger partial charge in [0.15, 0.2) is 9.84 Å². The van der Waals surface area contributed by atoms with Crippen molar-refractivity contribution in [2.24, 2.45) is 0 Å². The number of aromatic nitrogens is 1. The summed E-state index contributed by atoms with van der Waals surface area (Å²) < 4.78 is 29.2. The standard InChI is InChI=1S/C15H26N2O3S/c1-4-12-11(14(5-2)20-17-12)10-16-13-8-6-7-9-15(13)21(3,18)19/h13,15-16H,4-10H2,1-3H3. The van der Waals surface area contributed by atoms with Gasteiger partial charge >= 0.3 is 0 Å². The highest BCUT2D eigenvalue weighted by Crippen LogP contribution is 2.25. The molecule has 1 N–H and O–H groups in total. The Morgan fingerprint density at radius 3 is 2.57 bits per heavy atom. The fourth-order valence-electron chi connectivity index (χ4n) is 3.21. The molecule has 1 heterocycles. The molecule has 5 nitrogen and oxygen atoms in total. The van der Waals surface area contributed by atoms with Gasteiger partial charge in [0.25, 0.3) is 0 Å². The molecule has 120 valence electrons. The highest BCUT2D eigenvalue weighted by molar-refractivity contribution is 7.91. The van der Waals surface area contributed by atoms with E-state index in [4.69, 9.17) is 4.52 Å². The predicted molar refractivity (Wildman–Crippen MR) is 83.0 cm³/mol. The van der Waals surface area contributed by atoms with Crippen LogP contribution in [0.25, 0.3) is 0 Å². The lowest BCUT2D eigenvalue weighted by Gasteiger charge is -2.31. The molecule has 1 aromatic heterocycles. The highest BCUT2D eigenvalue weighted by Gasteiger charge is 2.32. The first-order valence-corrected chi connectivity index (χ1v) is 9.81. The van der Waals surface area contributed by atoms with Crippen molar-refractivity contribution in [2.45, 2.75) is 70.2 Å². The molecule has 1 aromatic rings. The zero-order valence-electron chi connectivity index (χ0n) is 13.2. The molecule has 2 unspecified atom stereocenters. The fourth-order valence-corrected chi connectivity index (χ4v) is 4.64. The molecular weight excluding hydrogens is 288 g/mol. The summed E-state index contributed by atoms with van der Waals surface area (Å²) in [7, 11) is -3.00. The van der Waals surface area contributed by atoms with Gasteiger partial charge in [-0.2, -0.15) is 0 Å². The van der Waals surface area contributed by atoms with Gasteiger partial charge < -0.3 is 9.84 Å². The lowest BCUT2D eigenvalue weighted by atomic mass is 9.94. The van der Waals surface area contributed by atoms with Crippen LogP contribution in [0.5, 0.6) is 0 Å². The average molecular weight is 314 g/mol. The Labute approximate surface area is 127 Å². The van der Waals surface area contributed by atoms with Crippen molar-refractivity contribution in [3.05, 3.63) is 17.0 Å². The first-order valence-electron chi connectivity index (χ1n) is 7.85. The van der Waals surface area contributed by atoms with Crippen molar-refractivity contribution in [1.82, 2.24) is 10.5 Å². The quantitative estimate of drug-likeness (QED) is 0.872. The van der Waals surface area contributed by atoms with E-state index in [2.05, 4.69) is 17.4 Å². The van der Waals surface area contributed by atoms with E-state index in [0.717, 1.165) is 55.5 Å². The second kappa shape index (κ2) is 6.92. The van der Waals surface area contributed by atoms with Crippen molar-refractivity contribution >= 4 is 9.84 Å². The molecule has 2 rings (SSSR count). The van der Waals surface area contributed by atoms with Gasteiger partial charge in [-0.1, -0.05) is 31.8 Å². The summed E-state index contributed by atoms with van der Waals surface area (Å²) in [4.78, 5) is 0. The SMILES string of the molecule is CCc1noc(CC)c1CNC1CCCCC1S(C)(=O)=O. The maximum absolute atomic E-state index is 11.9. The maximum atomic E-state index is 11.9. The number of sulfone groups is 1. The van der Waals surface area contributed by atoms with Crippen molar-refractivity contribution in [3.8, 4) is 0 Å². The highest BCUT2D eigenvalue weighted by atomic mass is 32.2. The summed E-state index contributed by atoms with van der Waals surface area (Å²) in [5.41, 5.74) is 2.09. The van der Waals surface area contributed by atoms with Gasteiger partial charge in [-0.25, -0.2) is 8.42 Å². The van der Waals surface area contributed by atoms with E-state index in [0.29, 0.717) is 6.54 Å². The molecule has 0 aromatic carbocycles. The van der Waals surface area contributed by atoms with E-state index in [-0.39, 0.29) is 11.3 Å². The van der Waals surface area contributed by atoms with Gasteiger partial charge in [-0.05, 0) is 19.3 Å². The summed E-state index contributed by atoms with van der Waals surface area (Å²) in [6, 6.07) is 0.0399. The number of hydrogen-bond donors (Lipinski definition) is 1. The molecule has 6 heteroatoms. The molecule has 0 saturated heterocycles. The normalized spacial score (nSPS) is 23.4. The van der Waals surface area contributed by atoms with E-state index in [1.165, 1.54) is 6.26 Å². The minimum atomic E-state index is -3.00. The van der Waals surface area contributed by atoms with E-state index >= 15 is 0 Å². The molecule has 1 aliphatic rings. The molecule has 0 amide bonds. The number of nitrogens with zero attached hydrogens (tertiary/aromatic N) is 1. The van der Waals surface area contributed by atoms with Crippen molar-refractivity contribution < 1.29 is 12.9 Å². The second-order valence-electron chi connectivity index (χ2n) is 5.88. The summed E-state index contributed by atoms with van der Waals surface area (Å²) in [5, 5.41) is 7.29. The van der Waals surface area contributed by atoms with E-state index < -0.39 is 9.84 Å². The van der Waals surface area contributed by atoms with Crippen LogP contribution in [0, 0.1) is 0 Å². The Kier molecular flexibility index (Phi) is 5.43. The van der Waals surface area contributed by atoms with Gasteiger partial charge in [-0.15, -0.1) is 0 Å². The Morgan fingerprint density at radius 1 is 1.24 bits per heavy atom. The fraction of sp³-hybridized carbons (Fsp3) is 0.800. The largest absolute Gasteiger partial charge is 0.361 e. The molecule has 21 heavy (non-hydrogen) atoms. The number of hydrogen-bond acceptors (Lipinski definition) is 5. The summed E-state index contributed by atoms with van der Waals surface area (Å²) in [6.07, 6.45) is 6.78. The number of nitrogens with one attached hydrogen (secondary N) is 1. The Hall–Kier alpha value is -0.880. The lowest BCUT2D eigenvalue weighted by Crippen LogP contribution is -2.45. The van der Waals surface area contributed by atoms with Gasteiger partial charge in [-0.3, -0.25) is 0 Å². The van der Waals surface area contributed by atoms with Crippen molar-refractivity contribution in [3.63, 3.8) is 0 Å². The molecule has 0 radical (unpaired) electrons. The van der Waals surface area contributed by atoms with Crippen LogP contribution in [-0.4, -0.2) is 31.1 Å². The molecule has 1 aliphatic carbocycles. The minimum absolute atomic E-state index is 0.0399. The van der Waals surface area contributed by atoms with Crippen LogP contribution < -0.4 is 5.32 Å². The van der Waals surface area contributed by atoms with Crippen LogP contribution in [-0.2, 0) is 29.2 Å². The third-order valence-electron chi connectivity index (χ3n) is 4.40. The average Bonchev–Trinajstić information content (AvgIpc) is 2.86. The summed E-state index contributed by atoms with van der Waals surface area (Å²) >= 11 is 0. The molecule has 1 saturated carbocycles. The van der Waals surface area contributed by atoms with Gasteiger partial charge in [0.05, 0.1) is 10.9 Å². The monoisotopic (exact) mass is 314 g/mol. The van der Waals surface area contributed by atoms with Crippen LogP contribution in [0.3, 0.4) is 0 Å². The lowest BCUT2D eigenvalue weighted by molar-refractivity contribution is 0.365. The third kappa shape index (κ3) is 3.86. The Bertz CT molecular complexity index is 544. The van der Waals surface area contributed by atoms with Gasteiger partial charge in [0.2, 0.25) is 0 Å². The Balaban J connectivity index is 2.09. The molecule has 0 aliphatic heterocycles. The summed E-state index contributed by atoms with van der Waals surface area (Å²) in [6.45, 7) is 4.75. The molecule has 0 spiro atoms. The molecule has 0 bridgehead atoms. The topological polar surface area (TPSA) is 72.2 Å². The van der Waals surface area contributed by atoms with Gasteiger partial charge in [0, 0.05) is 30.8 Å². The van der Waals surface area contributed by atoms with Crippen LogP contribution >= 0.6 is 0 Å².